The number of rotatable bonds is 9. The summed E-state index contributed by atoms with van der Waals surface area (Å²) in [7, 11) is 2.05. The monoisotopic (exact) mass is 343 g/mol. The van der Waals surface area contributed by atoms with Gasteiger partial charge in [0.05, 0.1) is 15.9 Å². The van der Waals surface area contributed by atoms with E-state index >= 15 is 0 Å². The number of nitrogens with one attached hydrogen (secondary N) is 1. The average Bonchev–Trinajstić information content (AvgIpc) is 2.68. The maximum Gasteiger partial charge on any atom is 0.0766 e. The molecule has 0 bridgehead atoms. The Bertz CT molecular complexity index is 399. The molecule has 20 heavy (non-hydrogen) atoms. The Hall–Kier alpha value is -0.350. The van der Waals surface area contributed by atoms with Gasteiger partial charge in [0.2, 0.25) is 0 Å². The Balaban J connectivity index is 2.74. The number of aromatic nitrogens is 2. The zero-order chi connectivity index (χ0) is 15.1. The van der Waals surface area contributed by atoms with E-state index in [9.17, 15) is 0 Å². The normalized spacial score (nSPS) is 13.2. The van der Waals surface area contributed by atoms with Crippen LogP contribution in [-0.4, -0.2) is 22.4 Å². The molecule has 1 atom stereocenters. The Labute approximate surface area is 132 Å². The van der Waals surface area contributed by atoms with Crippen LogP contribution >= 0.6 is 15.9 Å². The van der Waals surface area contributed by atoms with Crippen molar-refractivity contribution in [1.82, 2.24) is 15.1 Å². The van der Waals surface area contributed by atoms with E-state index in [2.05, 4.69) is 61.1 Å². The van der Waals surface area contributed by atoms with Crippen LogP contribution in [0.1, 0.15) is 58.3 Å². The van der Waals surface area contributed by atoms with Gasteiger partial charge in [-0.1, -0.05) is 27.7 Å². The van der Waals surface area contributed by atoms with Crippen molar-refractivity contribution < 1.29 is 0 Å². The van der Waals surface area contributed by atoms with Gasteiger partial charge in [-0.3, -0.25) is 4.68 Å². The van der Waals surface area contributed by atoms with Crippen molar-refractivity contribution >= 4 is 15.9 Å². The Kier molecular flexibility index (Phi) is 7.82. The van der Waals surface area contributed by atoms with Crippen molar-refractivity contribution in [2.45, 2.75) is 65.8 Å². The molecule has 1 unspecified atom stereocenters. The molecule has 0 amide bonds. The molecular weight excluding hydrogens is 314 g/mol. The van der Waals surface area contributed by atoms with Gasteiger partial charge in [0.15, 0.2) is 0 Å². The summed E-state index contributed by atoms with van der Waals surface area (Å²) in [5.41, 5.74) is 2.49. The van der Waals surface area contributed by atoms with E-state index in [0.29, 0.717) is 6.04 Å². The SMILES string of the molecule is CCCNC(CCC(C)C)Cc1c(Br)c(CC)nn1C. The lowest BCUT2D eigenvalue weighted by atomic mass is 9.99. The zero-order valence-corrected chi connectivity index (χ0v) is 15.3. The molecule has 3 nitrogen and oxygen atoms in total. The number of nitrogens with zero attached hydrogens (tertiary/aromatic N) is 2. The first-order chi connectivity index (χ1) is 9.49. The fourth-order valence-electron chi connectivity index (χ4n) is 2.43. The fourth-order valence-corrected chi connectivity index (χ4v) is 3.21. The summed E-state index contributed by atoms with van der Waals surface area (Å²) in [6, 6.07) is 0.550. The van der Waals surface area contributed by atoms with E-state index in [1.165, 1.54) is 35.1 Å². The van der Waals surface area contributed by atoms with Crippen molar-refractivity contribution in [1.29, 1.82) is 0 Å². The van der Waals surface area contributed by atoms with Gasteiger partial charge in [0.1, 0.15) is 0 Å². The largest absolute Gasteiger partial charge is 0.314 e. The van der Waals surface area contributed by atoms with Crippen LogP contribution in [0.3, 0.4) is 0 Å². The predicted molar refractivity (Wildman–Crippen MR) is 90.1 cm³/mol. The molecule has 0 saturated heterocycles. The number of hydrogen-bond donors (Lipinski definition) is 1. The molecule has 0 aromatic carbocycles. The molecule has 1 heterocycles. The summed E-state index contributed by atoms with van der Waals surface area (Å²) < 4.78 is 3.24. The molecular formula is C16H30BrN3. The van der Waals surface area contributed by atoms with Gasteiger partial charge >= 0.3 is 0 Å². The van der Waals surface area contributed by atoms with Crippen LogP contribution in [0.25, 0.3) is 0 Å². The van der Waals surface area contributed by atoms with Gasteiger partial charge in [-0.2, -0.15) is 5.10 Å². The summed E-state index contributed by atoms with van der Waals surface area (Å²) in [6.45, 7) is 10.1. The van der Waals surface area contributed by atoms with Crippen LogP contribution < -0.4 is 5.32 Å². The van der Waals surface area contributed by atoms with Gasteiger partial charge in [-0.05, 0) is 54.1 Å². The second-order valence-electron chi connectivity index (χ2n) is 6.01. The molecule has 116 valence electrons. The highest BCUT2D eigenvalue weighted by atomic mass is 79.9. The lowest BCUT2D eigenvalue weighted by Crippen LogP contribution is -2.32. The molecule has 1 N–H and O–H groups in total. The van der Waals surface area contributed by atoms with Crippen LogP contribution in [-0.2, 0) is 19.9 Å². The molecule has 0 fully saturated rings. The molecule has 0 saturated carbocycles. The van der Waals surface area contributed by atoms with Gasteiger partial charge in [-0.25, -0.2) is 0 Å². The summed E-state index contributed by atoms with van der Waals surface area (Å²) in [5.74, 6) is 0.766. The lowest BCUT2D eigenvalue weighted by Gasteiger charge is -2.20. The highest BCUT2D eigenvalue weighted by molar-refractivity contribution is 9.10. The first-order valence-electron chi connectivity index (χ1n) is 7.93. The summed E-state index contributed by atoms with van der Waals surface area (Å²) >= 11 is 3.73. The van der Waals surface area contributed by atoms with Crippen LogP contribution in [0, 0.1) is 5.92 Å². The molecule has 0 radical (unpaired) electrons. The van der Waals surface area contributed by atoms with Gasteiger partial charge < -0.3 is 5.32 Å². The highest BCUT2D eigenvalue weighted by Crippen LogP contribution is 2.24. The molecule has 0 aliphatic heterocycles. The quantitative estimate of drug-likeness (QED) is 0.731. The summed E-state index contributed by atoms with van der Waals surface area (Å²) in [5, 5.41) is 8.29. The van der Waals surface area contributed by atoms with Crippen LogP contribution in [0.15, 0.2) is 4.47 Å². The highest BCUT2D eigenvalue weighted by Gasteiger charge is 2.17. The third kappa shape index (κ3) is 5.21. The van der Waals surface area contributed by atoms with Crippen molar-refractivity contribution in [2.24, 2.45) is 13.0 Å². The van der Waals surface area contributed by atoms with Crippen LogP contribution in [0.2, 0.25) is 0 Å². The van der Waals surface area contributed by atoms with Crippen molar-refractivity contribution in [3.63, 3.8) is 0 Å². The minimum absolute atomic E-state index is 0.550. The van der Waals surface area contributed by atoms with Crippen LogP contribution in [0.4, 0.5) is 0 Å². The van der Waals surface area contributed by atoms with Crippen molar-refractivity contribution in [3.05, 3.63) is 15.9 Å². The standard InChI is InChI=1S/C16H30BrN3/c1-6-10-18-13(9-8-12(3)4)11-15-16(17)14(7-2)19-20(15)5/h12-13,18H,6-11H2,1-5H3. The second-order valence-corrected chi connectivity index (χ2v) is 6.80. The zero-order valence-electron chi connectivity index (χ0n) is 13.7. The summed E-state index contributed by atoms with van der Waals surface area (Å²) in [4.78, 5) is 0. The van der Waals surface area contributed by atoms with E-state index in [4.69, 9.17) is 0 Å². The van der Waals surface area contributed by atoms with E-state index in [1.807, 2.05) is 4.68 Å². The number of aryl methyl sites for hydroxylation is 2. The first kappa shape index (κ1) is 17.7. The van der Waals surface area contributed by atoms with Gasteiger partial charge in [0, 0.05) is 19.5 Å². The molecule has 1 rings (SSSR count). The first-order valence-corrected chi connectivity index (χ1v) is 8.72. The second kappa shape index (κ2) is 8.83. The summed E-state index contributed by atoms with van der Waals surface area (Å²) in [6.07, 6.45) is 5.73. The molecule has 0 aliphatic carbocycles. The third-order valence-electron chi connectivity index (χ3n) is 3.72. The van der Waals surface area contributed by atoms with Crippen molar-refractivity contribution in [3.8, 4) is 0 Å². The number of halogens is 1. The minimum atomic E-state index is 0.550. The van der Waals surface area contributed by atoms with Gasteiger partial charge in [-0.15, -0.1) is 0 Å². The molecule has 1 aromatic heterocycles. The van der Waals surface area contributed by atoms with Crippen LogP contribution in [0.5, 0.6) is 0 Å². The Morgan fingerprint density at radius 3 is 2.45 bits per heavy atom. The maximum absolute atomic E-state index is 4.60. The number of hydrogen-bond acceptors (Lipinski definition) is 2. The smallest absolute Gasteiger partial charge is 0.0766 e. The van der Waals surface area contributed by atoms with Crippen molar-refractivity contribution in [2.75, 3.05) is 6.54 Å². The third-order valence-corrected chi connectivity index (χ3v) is 4.63. The van der Waals surface area contributed by atoms with E-state index in [-0.39, 0.29) is 0 Å². The van der Waals surface area contributed by atoms with Gasteiger partial charge in [0.25, 0.3) is 0 Å². The average molecular weight is 344 g/mol. The Morgan fingerprint density at radius 1 is 1.25 bits per heavy atom. The predicted octanol–water partition coefficient (Wildman–Crippen LogP) is 4.09. The fraction of sp³-hybridized carbons (Fsp3) is 0.812. The molecule has 0 aliphatic rings. The molecule has 0 spiro atoms. The maximum atomic E-state index is 4.60. The topological polar surface area (TPSA) is 29.9 Å². The van der Waals surface area contributed by atoms with E-state index < -0.39 is 0 Å². The lowest BCUT2D eigenvalue weighted by molar-refractivity contribution is 0.420. The van der Waals surface area contributed by atoms with E-state index in [0.717, 1.165) is 25.3 Å². The molecule has 1 aromatic rings. The minimum Gasteiger partial charge on any atom is -0.314 e. The van der Waals surface area contributed by atoms with E-state index in [1.54, 1.807) is 0 Å². The Morgan fingerprint density at radius 2 is 1.95 bits per heavy atom. The molecule has 4 heteroatoms.